The van der Waals surface area contributed by atoms with E-state index in [4.69, 9.17) is 15.2 Å². The van der Waals surface area contributed by atoms with E-state index >= 15 is 0 Å². The molecule has 0 atom stereocenters. The number of carbonyl (C=O) groups excluding carboxylic acids is 1. The summed E-state index contributed by atoms with van der Waals surface area (Å²) in [4.78, 5) is 11.3. The molecule has 0 radical (unpaired) electrons. The number of ether oxygens (including phenoxy) is 2. The van der Waals surface area contributed by atoms with Crippen LogP contribution in [0.2, 0.25) is 0 Å². The standard InChI is InChI=1S/C12H18N2O3.ClH/c1-16-10-3-4-11(17-2)9(7-10)8-14-12(15)5-6-13;/h3-4,7H,5-6,8,13H2,1-2H3,(H,14,15);1H. The molecule has 0 heterocycles. The third-order valence-electron chi connectivity index (χ3n) is 2.33. The second-order valence-corrected chi connectivity index (χ2v) is 3.49. The van der Waals surface area contributed by atoms with Gasteiger partial charge >= 0.3 is 0 Å². The number of hydrogen-bond acceptors (Lipinski definition) is 4. The van der Waals surface area contributed by atoms with Crippen molar-refractivity contribution in [2.75, 3.05) is 20.8 Å². The highest BCUT2D eigenvalue weighted by Gasteiger charge is 2.06. The SMILES string of the molecule is COc1ccc(OC)c(CNC(=O)CCN)c1.Cl. The molecule has 0 bridgehead atoms. The maximum Gasteiger partial charge on any atom is 0.221 e. The molecule has 1 amide bonds. The van der Waals surface area contributed by atoms with Gasteiger partial charge in [-0.05, 0) is 18.2 Å². The van der Waals surface area contributed by atoms with Gasteiger partial charge in [-0.3, -0.25) is 4.79 Å². The van der Waals surface area contributed by atoms with Gasteiger partial charge in [-0.2, -0.15) is 0 Å². The van der Waals surface area contributed by atoms with Crippen molar-refractivity contribution >= 4 is 18.3 Å². The third kappa shape index (κ3) is 4.81. The summed E-state index contributed by atoms with van der Waals surface area (Å²) in [6.07, 6.45) is 0.326. The molecule has 0 saturated heterocycles. The number of halogens is 1. The Hall–Kier alpha value is -1.46. The molecule has 18 heavy (non-hydrogen) atoms. The van der Waals surface area contributed by atoms with E-state index in [0.29, 0.717) is 19.5 Å². The number of carbonyl (C=O) groups is 1. The van der Waals surface area contributed by atoms with Gasteiger partial charge in [0.2, 0.25) is 5.91 Å². The fourth-order valence-electron chi connectivity index (χ4n) is 1.43. The van der Waals surface area contributed by atoms with Crippen LogP contribution in [-0.2, 0) is 11.3 Å². The lowest BCUT2D eigenvalue weighted by atomic mass is 10.2. The molecular formula is C12H19ClN2O3. The highest BCUT2D eigenvalue weighted by atomic mass is 35.5. The maximum absolute atomic E-state index is 11.3. The second-order valence-electron chi connectivity index (χ2n) is 3.49. The van der Waals surface area contributed by atoms with Crippen LogP contribution >= 0.6 is 12.4 Å². The highest BCUT2D eigenvalue weighted by molar-refractivity contribution is 5.85. The number of rotatable bonds is 6. The Morgan fingerprint density at radius 3 is 2.61 bits per heavy atom. The van der Waals surface area contributed by atoms with Gasteiger partial charge in [0.25, 0.3) is 0 Å². The summed E-state index contributed by atoms with van der Waals surface area (Å²) in [7, 11) is 3.19. The van der Waals surface area contributed by atoms with E-state index in [0.717, 1.165) is 17.1 Å². The molecule has 0 spiro atoms. The first kappa shape index (κ1) is 16.5. The molecule has 1 aromatic carbocycles. The minimum atomic E-state index is -0.0719. The van der Waals surface area contributed by atoms with E-state index in [1.807, 2.05) is 18.2 Å². The Balaban J connectivity index is 0.00000289. The van der Waals surface area contributed by atoms with Gasteiger partial charge in [-0.1, -0.05) is 0 Å². The number of amides is 1. The lowest BCUT2D eigenvalue weighted by Crippen LogP contribution is -2.25. The average molecular weight is 275 g/mol. The van der Waals surface area contributed by atoms with Gasteiger partial charge in [0.1, 0.15) is 11.5 Å². The van der Waals surface area contributed by atoms with Gasteiger partial charge < -0.3 is 20.5 Å². The molecule has 102 valence electrons. The first-order chi connectivity index (χ1) is 8.21. The molecule has 1 rings (SSSR count). The van der Waals surface area contributed by atoms with Crippen LogP contribution in [0.4, 0.5) is 0 Å². The van der Waals surface area contributed by atoms with Crippen molar-refractivity contribution in [3.63, 3.8) is 0 Å². The van der Waals surface area contributed by atoms with E-state index in [9.17, 15) is 4.79 Å². The van der Waals surface area contributed by atoms with Gasteiger partial charge in [-0.15, -0.1) is 12.4 Å². The third-order valence-corrected chi connectivity index (χ3v) is 2.33. The Bertz CT molecular complexity index is 386. The van der Waals surface area contributed by atoms with E-state index in [-0.39, 0.29) is 18.3 Å². The quantitative estimate of drug-likeness (QED) is 0.814. The van der Waals surface area contributed by atoms with Gasteiger partial charge in [-0.25, -0.2) is 0 Å². The number of methoxy groups -OCH3 is 2. The van der Waals surface area contributed by atoms with Crippen molar-refractivity contribution in [2.45, 2.75) is 13.0 Å². The van der Waals surface area contributed by atoms with Crippen molar-refractivity contribution in [2.24, 2.45) is 5.73 Å². The fraction of sp³-hybridized carbons (Fsp3) is 0.417. The molecular weight excluding hydrogens is 256 g/mol. The zero-order chi connectivity index (χ0) is 12.7. The summed E-state index contributed by atoms with van der Waals surface area (Å²) in [5.74, 6) is 1.38. The van der Waals surface area contributed by atoms with Crippen molar-refractivity contribution in [3.05, 3.63) is 23.8 Å². The normalized spacial score (nSPS) is 9.28. The van der Waals surface area contributed by atoms with Crippen LogP contribution in [0.3, 0.4) is 0 Å². The van der Waals surface area contributed by atoms with E-state index in [1.54, 1.807) is 14.2 Å². The largest absolute Gasteiger partial charge is 0.497 e. The number of nitrogens with two attached hydrogens (primary N) is 1. The number of hydrogen-bond donors (Lipinski definition) is 2. The summed E-state index contributed by atoms with van der Waals surface area (Å²) in [5.41, 5.74) is 6.17. The lowest BCUT2D eigenvalue weighted by Gasteiger charge is -2.11. The van der Waals surface area contributed by atoms with Crippen LogP contribution in [-0.4, -0.2) is 26.7 Å². The van der Waals surface area contributed by atoms with Crippen molar-refractivity contribution in [1.82, 2.24) is 5.32 Å². The second kappa shape index (κ2) is 8.60. The zero-order valence-corrected chi connectivity index (χ0v) is 11.4. The Kier molecular flexibility index (Phi) is 7.91. The molecule has 1 aromatic rings. The molecule has 0 aliphatic rings. The zero-order valence-electron chi connectivity index (χ0n) is 10.6. The van der Waals surface area contributed by atoms with Crippen molar-refractivity contribution in [3.8, 4) is 11.5 Å². The molecule has 0 unspecified atom stereocenters. The van der Waals surface area contributed by atoms with Crippen LogP contribution in [0.5, 0.6) is 11.5 Å². The Morgan fingerprint density at radius 1 is 1.33 bits per heavy atom. The summed E-state index contributed by atoms with van der Waals surface area (Å²) in [6.45, 7) is 0.750. The smallest absolute Gasteiger partial charge is 0.221 e. The molecule has 0 fully saturated rings. The molecule has 0 saturated carbocycles. The van der Waals surface area contributed by atoms with Gasteiger partial charge in [0.15, 0.2) is 0 Å². The predicted octanol–water partition coefficient (Wildman–Crippen LogP) is 1.09. The molecule has 6 heteroatoms. The molecule has 0 aliphatic heterocycles. The maximum atomic E-state index is 11.3. The number of nitrogens with one attached hydrogen (secondary N) is 1. The van der Waals surface area contributed by atoms with E-state index < -0.39 is 0 Å². The average Bonchev–Trinajstić information content (AvgIpc) is 2.36. The summed E-state index contributed by atoms with van der Waals surface area (Å²) >= 11 is 0. The minimum Gasteiger partial charge on any atom is -0.497 e. The highest BCUT2D eigenvalue weighted by Crippen LogP contribution is 2.23. The first-order valence-corrected chi connectivity index (χ1v) is 5.39. The monoisotopic (exact) mass is 274 g/mol. The van der Waals surface area contributed by atoms with Gasteiger partial charge in [0.05, 0.1) is 14.2 Å². The first-order valence-electron chi connectivity index (χ1n) is 5.39. The predicted molar refractivity (Wildman–Crippen MR) is 72.3 cm³/mol. The van der Waals surface area contributed by atoms with E-state index in [1.165, 1.54) is 0 Å². The van der Waals surface area contributed by atoms with Gasteiger partial charge in [0, 0.05) is 25.1 Å². The number of benzene rings is 1. The molecule has 3 N–H and O–H groups in total. The van der Waals surface area contributed by atoms with E-state index in [2.05, 4.69) is 5.32 Å². The van der Waals surface area contributed by atoms with Crippen LogP contribution < -0.4 is 20.5 Å². The van der Waals surface area contributed by atoms with Crippen LogP contribution in [0.1, 0.15) is 12.0 Å². The summed E-state index contributed by atoms with van der Waals surface area (Å²) < 4.78 is 10.3. The van der Waals surface area contributed by atoms with Crippen LogP contribution in [0, 0.1) is 0 Å². The fourth-order valence-corrected chi connectivity index (χ4v) is 1.43. The summed E-state index contributed by atoms with van der Waals surface area (Å²) in [6, 6.07) is 5.45. The van der Waals surface area contributed by atoms with Crippen molar-refractivity contribution in [1.29, 1.82) is 0 Å². The topological polar surface area (TPSA) is 73.6 Å². The van der Waals surface area contributed by atoms with Crippen LogP contribution in [0.15, 0.2) is 18.2 Å². The molecule has 0 aromatic heterocycles. The summed E-state index contributed by atoms with van der Waals surface area (Å²) in [5, 5.41) is 2.77. The van der Waals surface area contributed by atoms with Crippen molar-refractivity contribution < 1.29 is 14.3 Å². The molecule has 0 aliphatic carbocycles. The molecule has 5 nitrogen and oxygen atoms in total. The minimum absolute atomic E-state index is 0. The van der Waals surface area contributed by atoms with Crippen LogP contribution in [0.25, 0.3) is 0 Å². The Morgan fingerprint density at radius 2 is 2.06 bits per heavy atom. The lowest BCUT2D eigenvalue weighted by molar-refractivity contribution is -0.121. The Labute approximate surface area is 113 Å².